The van der Waals surface area contributed by atoms with Gasteiger partial charge in [-0.2, -0.15) is 0 Å². The summed E-state index contributed by atoms with van der Waals surface area (Å²) in [4.78, 5) is 16.7. The Morgan fingerprint density at radius 1 is 1.14 bits per heavy atom. The van der Waals surface area contributed by atoms with E-state index in [1.54, 1.807) is 11.2 Å². The number of anilines is 1. The lowest BCUT2D eigenvalue weighted by molar-refractivity contribution is -0.0881. The number of rotatable bonds is 1. The first-order chi connectivity index (χ1) is 10.7. The fourth-order valence-corrected chi connectivity index (χ4v) is 4.33. The van der Waals surface area contributed by atoms with Crippen LogP contribution in [0.1, 0.15) is 12.8 Å². The Kier molecular flexibility index (Phi) is 2.42. The second-order valence-electron chi connectivity index (χ2n) is 6.71. The fraction of sp³-hybridized carbons (Fsp3) is 0.471. The number of nitrogens with zero attached hydrogens (tertiary/aromatic N) is 2. The molecule has 5 nitrogen and oxygen atoms in total. The number of fused-ring (bicyclic) bond motifs is 3. The Morgan fingerprint density at radius 2 is 2.00 bits per heavy atom. The molecule has 2 bridgehead atoms. The third-order valence-corrected chi connectivity index (χ3v) is 5.51. The van der Waals surface area contributed by atoms with Gasteiger partial charge in [-0.3, -0.25) is 9.80 Å². The van der Waals surface area contributed by atoms with Crippen LogP contribution >= 0.6 is 0 Å². The van der Waals surface area contributed by atoms with Crippen LogP contribution in [0.25, 0.3) is 11.0 Å². The smallest absolute Gasteiger partial charge is 0.415 e. The Hall–Kier alpha value is -2.01. The average molecular weight is 298 g/mol. The molecule has 6 rings (SSSR count). The van der Waals surface area contributed by atoms with Gasteiger partial charge in [-0.15, -0.1) is 0 Å². The molecule has 4 aliphatic rings. The van der Waals surface area contributed by atoms with Gasteiger partial charge < -0.3 is 9.15 Å². The monoisotopic (exact) mass is 298 g/mol. The molecule has 0 radical (unpaired) electrons. The zero-order valence-electron chi connectivity index (χ0n) is 12.3. The molecule has 0 unspecified atom stereocenters. The highest BCUT2D eigenvalue weighted by Crippen LogP contribution is 2.43. The maximum absolute atomic E-state index is 12.5. The van der Waals surface area contributed by atoms with Crippen LogP contribution in [0.15, 0.2) is 34.9 Å². The Morgan fingerprint density at radius 3 is 2.77 bits per heavy atom. The summed E-state index contributed by atoms with van der Waals surface area (Å²) >= 11 is 0. The van der Waals surface area contributed by atoms with Crippen LogP contribution in [0.4, 0.5) is 10.5 Å². The predicted molar refractivity (Wildman–Crippen MR) is 81.9 cm³/mol. The van der Waals surface area contributed by atoms with Crippen LogP contribution in [0.3, 0.4) is 0 Å². The van der Waals surface area contributed by atoms with Crippen LogP contribution in [0, 0.1) is 5.92 Å². The van der Waals surface area contributed by atoms with E-state index in [1.807, 2.05) is 24.3 Å². The van der Waals surface area contributed by atoms with E-state index in [1.165, 1.54) is 0 Å². The van der Waals surface area contributed by atoms with Gasteiger partial charge >= 0.3 is 6.09 Å². The zero-order chi connectivity index (χ0) is 14.7. The first-order valence-electron chi connectivity index (χ1n) is 7.94. The van der Waals surface area contributed by atoms with Gasteiger partial charge in [0.05, 0.1) is 12.8 Å². The van der Waals surface area contributed by atoms with Crippen LogP contribution in [-0.2, 0) is 4.74 Å². The van der Waals surface area contributed by atoms with Crippen molar-refractivity contribution in [3.8, 4) is 0 Å². The van der Waals surface area contributed by atoms with Gasteiger partial charge in [-0.25, -0.2) is 4.79 Å². The SMILES string of the molecule is O=C1O[C@]2(CN3CCC2CC3)CN1c1ccc2occc2c1. The first kappa shape index (κ1) is 12.5. The molecular weight excluding hydrogens is 280 g/mol. The molecule has 0 N–H and O–H groups in total. The van der Waals surface area contributed by atoms with E-state index in [9.17, 15) is 4.79 Å². The van der Waals surface area contributed by atoms with Crippen molar-refractivity contribution in [3.63, 3.8) is 0 Å². The lowest BCUT2D eigenvalue weighted by Crippen LogP contribution is -2.61. The molecule has 114 valence electrons. The molecule has 1 spiro atoms. The van der Waals surface area contributed by atoms with Gasteiger partial charge in [0.2, 0.25) is 0 Å². The minimum atomic E-state index is -0.307. The van der Waals surface area contributed by atoms with Crippen LogP contribution < -0.4 is 4.90 Å². The topological polar surface area (TPSA) is 45.9 Å². The molecule has 0 saturated carbocycles. The maximum atomic E-state index is 12.5. The molecule has 4 saturated heterocycles. The Bertz CT molecular complexity index is 747. The van der Waals surface area contributed by atoms with Gasteiger partial charge in [0.15, 0.2) is 0 Å². The molecular formula is C17H18N2O3. The third-order valence-electron chi connectivity index (χ3n) is 5.51. The predicted octanol–water partition coefficient (Wildman–Crippen LogP) is 2.85. The fourth-order valence-electron chi connectivity index (χ4n) is 4.33. The molecule has 1 atom stereocenters. The number of benzene rings is 1. The van der Waals surface area contributed by atoms with Gasteiger partial charge in [0.25, 0.3) is 0 Å². The van der Waals surface area contributed by atoms with Crippen molar-refractivity contribution >= 4 is 22.7 Å². The Balaban J connectivity index is 1.49. The van der Waals surface area contributed by atoms with Crippen molar-refractivity contribution in [2.75, 3.05) is 31.1 Å². The van der Waals surface area contributed by atoms with E-state index < -0.39 is 0 Å². The lowest BCUT2D eigenvalue weighted by atomic mass is 9.75. The van der Waals surface area contributed by atoms with E-state index in [2.05, 4.69) is 4.90 Å². The summed E-state index contributed by atoms with van der Waals surface area (Å²) in [6.45, 7) is 3.83. The summed E-state index contributed by atoms with van der Waals surface area (Å²) in [6, 6.07) is 7.78. The number of amides is 1. The standard InChI is InChI=1S/C17H18N2O3/c20-16-19(14-1-2-15-12(9-14)5-8-21-15)11-17(22-16)10-18-6-3-13(17)4-7-18/h1-2,5,8-9,13H,3-4,6-7,10-11H2/t17-/m1/s1. The van der Waals surface area contributed by atoms with Crippen molar-refractivity contribution < 1.29 is 13.9 Å². The van der Waals surface area contributed by atoms with Crippen molar-refractivity contribution in [1.82, 2.24) is 4.90 Å². The van der Waals surface area contributed by atoms with Gasteiger partial charge in [-0.1, -0.05) is 0 Å². The number of furan rings is 1. The lowest BCUT2D eigenvalue weighted by Gasteiger charge is -2.49. The first-order valence-corrected chi connectivity index (χ1v) is 7.94. The van der Waals surface area contributed by atoms with Crippen LogP contribution in [0.2, 0.25) is 0 Å². The van der Waals surface area contributed by atoms with Crippen LogP contribution in [-0.4, -0.2) is 42.8 Å². The molecule has 1 aromatic carbocycles. The van der Waals surface area contributed by atoms with Gasteiger partial charge in [0, 0.05) is 23.5 Å². The van der Waals surface area contributed by atoms with Gasteiger partial charge in [-0.05, 0) is 50.2 Å². The minimum Gasteiger partial charge on any atom is -0.464 e. The molecule has 4 fully saturated rings. The van der Waals surface area contributed by atoms with E-state index >= 15 is 0 Å². The highest BCUT2D eigenvalue weighted by Gasteiger charge is 2.55. The number of carbonyl (C=O) groups excluding carboxylic acids is 1. The van der Waals surface area contributed by atoms with E-state index in [0.29, 0.717) is 12.5 Å². The molecule has 22 heavy (non-hydrogen) atoms. The molecule has 5 heteroatoms. The summed E-state index contributed by atoms with van der Waals surface area (Å²) in [5, 5.41) is 1.01. The maximum Gasteiger partial charge on any atom is 0.415 e. The van der Waals surface area contributed by atoms with Crippen LogP contribution in [0.5, 0.6) is 0 Å². The molecule has 5 heterocycles. The van der Waals surface area contributed by atoms with E-state index in [0.717, 1.165) is 49.1 Å². The summed E-state index contributed by atoms with van der Waals surface area (Å²) in [5.41, 5.74) is 1.43. The second kappa shape index (κ2) is 4.26. The largest absolute Gasteiger partial charge is 0.464 e. The van der Waals surface area contributed by atoms with Crippen molar-refractivity contribution in [3.05, 3.63) is 30.5 Å². The number of hydrogen-bond acceptors (Lipinski definition) is 4. The average Bonchev–Trinajstić information content (AvgIpc) is 3.12. The normalized spacial score (nSPS) is 33.8. The number of piperidine rings is 3. The van der Waals surface area contributed by atoms with Gasteiger partial charge in [0.1, 0.15) is 11.2 Å². The summed E-state index contributed by atoms with van der Waals surface area (Å²) < 4.78 is 11.3. The molecule has 0 aliphatic carbocycles. The molecule has 2 aromatic rings. The second-order valence-corrected chi connectivity index (χ2v) is 6.71. The van der Waals surface area contributed by atoms with E-state index in [4.69, 9.17) is 9.15 Å². The highest BCUT2D eigenvalue weighted by molar-refractivity contribution is 5.93. The van der Waals surface area contributed by atoms with Crippen molar-refractivity contribution in [1.29, 1.82) is 0 Å². The quantitative estimate of drug-likeness (QED) is 0.812. The molecule has 1 amide bonds. The van der Waals surface area contributed by atoms with Crippen molar-refractivity contribution in [2.24, 2.45) is 5.92 Å². The minimum absolute atomic E-state index is 0.211. The summed E-state index contributed by atoms with van der Waals surface area (Å²) in [7, 11) is 0. The molecule has 1 aromatic heterocycles. The molecule has 4 aliphatic heterocycles. The summed E-state index contributed by atoms with van der Waals surface area (Å²) in [6.07, 6.45) is 3.74. The van der Waals surface area contributed by atoms with E-state index in [-0.39, 0.29) is 11.7 Å². The Labute approximate surface area is 128 Å². The zero-order valence-corrected chi connectivity index (χ0v) is 12.3. The number of carbonyl (C=O) groups is 1. The third kappa shape index (κ3) is 1.66. The number of hydrogen-bond donors (Lipinski definition) is 0. The summed E-state index contributed by atoms with van der Waals surface area (Å²) in [5.74, 6) is 0.504. The highest BCUT2D eigenvalue weighted by atomic mass is 16.6. The van der Waals surface area contributed by atoms with Crippen molar-refractivity contribution in [2.45, 2.75) is 18.4 Å². The number of ether oxygens (including phenoxy) is 1.